The largest absolute Gasteiger partial charge is 0.330 e. The average Bonchev–Trinajstić information content (AvgIpc) is 2.28. The summed E-state index contributed by atoms with van der Waals surface area (Å²) in [5, 5.41) is 0. The average molecular weight is 234 g/mol. The van der Waals surface area contributed by atoms with Gasteiger partial charge in [-0.05, 0) is 19.3 Å². The minimum atomic E-state index is -2.93. The zero-order valence-corrected chi connectivity index (χ0v) is 10.3. The zero-order chi connectivity index (χ0) is 11.3. The Morgan fingerprint density at radius 2 is 2.00 bits per heavy atom. The van der Waals surface area contributed by atoms with E-state index in [1.165, 1.54) is 14.2 Å². The number of carbonyl (C=O) groups excluding carboxylic acids is 1. The highest BCUT2D eigenvalue weighted by molar-refractivity contribution is 7.53. The second kappa shape index (κ2) is 5.78. The van der Waals surface area contributed by atoms with E-state index in [-0.39, 0.29) is 5.92 Å². The Hall–Kier alpha value is -0.180. The Balaban J connectivity index is 2.41. The number of Topliss-reactive ketones (excluding diaryl/α,β-unsaturated/α-hetero) is 1. The fraction of sp³-hybridized carbons (Fsp3) is 0.900. The summed E-state index contributed by atoms with van der Waals surface area (Å²) in [5.41, 5.74) is 0. The van der Waals surface area contributed by atoms with E-state index in [1.54, 1.807) is 0 Å². The third-order valence-corrected chi connectivity index (χ3v) is 4.91. The quantitative estimate of drug-likeness (QED) is 0.686. The van der Waals surface area contributed by atoms with Crippen LogP contribution in [0.5, 0.6) is 0 Å². The van der Waals surface area contributed by atoms with E-state index < -0.39 is 7.60 Å². The topological polar surface area (TPSA) is 52.6 Å². The molecule has 5 heteroatoms. The molecule has 0 bridgehead atoms. The summed E-state index contributed by atoms with van der Waals surface area (Å²) < 4.78 is 21.4. The van der Waals surface area contributed by atoms with Crippen LogP contribution in [0.2, 0.25) is 0 Å². The van der Waals surface area contributed by atoms with Gasteiger partial charge in [0.2, 0.25) is 0 Å². The molecule has 0 aromatic rings. The lowest BCUT2D eigenvalue weighted by atomic mass is 9.86. The molecule has 0 aromatic carbocycles. The molecule has 4 nitrogen and oxygen atoms in total. The van der Waals surface area contributed by atoms with Gasteiger partial charge in [0.05, 0.1) is 6.16 Å². The SMILES string of the molecule is COP(=O)(CCC1CCCCC1=O)OC. The Kier molecular flexibility index (Phi) is 4.97. The number of hydrogen-bond acceptors (Lipinski definition) is 4. The molecule has 1 atom stereocenters. The van der Waals surface area contributed by atoms with E-state index in [4.69, 9.17) is 9.05 Å². The van der Waals surface area contributed by atoms with Gasteiger partial charge in [-0.15, -0.1) is 0 Å². The van der Waals surface area contributed by atoms with Crippen molar-refractivity contribution >= 4 is 13.4 Å². The standard InChI is InChI=1S/C10H19O4P/c1-13-15(12,14-2)8-7-9-5-3-4-6-10(9)11/h9H,3-8H2,1-2H3. The maximum Gasteiger partial charge on any atom is 0.330 e. The molecule has 1 saturated carbocycles. The Morgan fingerprint density at radius 3 is 2.53 bits per heavy atom. The summed E-state index contributed by atoms with van der Waals surface area (Å²) in [7, 11) is -0.163. The third-order valence-electron chi connectivity index (χ3n) is 2.99. The van der Waals surface area contributed by atoms with Crippen molar-refractivity contribution in [1.82, 2.24) is 0 Å². The molecule has 1 rings (SSSR count). The van der Waals surface area contributed by atoms with Crippen LogP contribution in [0.25, 0.3) is 0 Å². The normalized spacial score (nSPS) is 23.1. The lowest BCUT2D eigenvalue weighted by Crippen LogP contribution is -2.20. The highest BCUT2D eigenvalue weighted by atomic mass is 31.2. The van der Waals surface area contributed by atoms with Crippen LogP contribution < -0.4 is 0 Å². The van der Waals surface area contributed by atoms with Crippen LogP contribution in [0.4, 0.5) is 0 Å². The molecule has 0 heterocycles. The van der Waals surface area contributed by atoms with Gasteiger partial charge in [-0.2, -0.15) is 0 Å². The van der Waals surface area contributed by atoms with Crippen LogP contribution in [0.1, 0.15) is 32.1 Å². The third kappa shape index (κ3) is 3.71. The smallest absolute Gasteiger partial charge is 0.312 e. The second-order valence-corrected chi connectivity index (χ2v) is 6.30. The van der Waals surface area contributed by atoms with Crippen LogP contribution in [-0.2, 0) is 18.4 Å². The van der Waals surface area contributed by atoms with Gasteiger partial charge in [0.15, 0.2) is 0 Å². The van der Waals surface area contributed by atoms with Crippen molar-refractivity contribution in [2.75, 3.05) is 20.4 Å². The van der Waals surface area contributed by atoms with Crippen LogP contribution in [0, 0.1) is 5.92 Å². The fourth-order valence-electron chi connectivity index (χ4n) is 1.93. The van der Waals surface area contributed by atoms with Crippen molar-refractivity contribution < 1.29 is 18.4 Å². The first-order valence-corrected chi connectivity index (χ1v) is 7.07. The first-order chi connectivity index (χ1) is 7.11. The summed E-state index contributed by atoms with van der Waals surface area (Å²) in [6.45, 7) is 0. The molecule has 1 unspecified atom stereocenters. The molecule has 1 aliphatic carbocycles. The molecule has 0 amide bonds. The maximum atomic E-state index is 11.7. The minimum Gasteiger partial charge on any atom is -0.312 e. The van der Waals surface area contributed by atoms with Gasteiger partial charge in [0.1, 0.15) is 5.78 Å². The highest BCUT2D eigenvalue weighted by Gasteiger charge is 2.27. The maximum absolute atomic E-state index is 11.7. The molecular formula is C10H19O4P. The molecular weight excluding hydrogens is 215 g/mol. The Morgan fingerprint density at radius 1 is 1.33 bits per heavy atom. The minimum absolute atomic E-state index is 0.0670. The molecule has 0 spiro atoms. The summed E-state index contributed by atoms with van der Waals surface area (Å²) in [6.07, 6.45) is 4.66. The van der Waals surface area contributed by atoms with Gasteiger partial charge in [0.25, 0.3) is 0 Å². The molecule has 1 aliphatic rings. The fourth-order valence-corrected chi connectivity index (χ4v) is 3.07. The van der Waals surface area contributed by atoms with Crippen molar-refractivity contribution in [3.05, 3.63) is 0 Å². The Bertz CT molecular complexity index is 256. The van der Waals surface area contributed by atoms with Gasteiger partial charge in [-0.1, -0.05) is 6.42 Å². The van der Waals surface area contributed by atoms with Gasteiger partial charge in [0, 0.05) is 26.6 Å². The molecule has 0 N–H and O–H groups in total. The molecule has 0 aliphatic heterocycles. The predicted molar refractivity (Wildman–Crippen MR) is 58.1 cm³/mol. The van der Waals surface area contributed by atoms with E-state index in [1.807, 2.05) is 0 Å². The lowest BCUT2D eigenvalue weighted by molar-refractivity contribution is -0.124. The summed E-state index contributed by atoms with van der Waals surface area (Å²) in [5.74, 6) is 0.373. The van der Waals surface area contributed by atoms with Crippen LogP contribution in [-0.4, -0.2) is 26.2 Å². The van der Waals surface area contributed by atoms with Crippen molar-refractivity contribution in [3.63, 3.8) is 0 Å². The molecule has 88 valence electrons. The summed E-state index contributed by atoms with van der Waals surface area (Å²) in [6, 6.07) is 0. The predicted octanol–water partition coefficient (Wildman–Crippen LogP) is 2.62. The monoisotopic (exact) mass is 234 g/mol. The van der Waals surface area contributed by atoms with Crippen LogP contribution >= 0.6 is 7.60 Å². The molecule has 0 aromatic heterocycles. The van der Waals surface area contributed by atoms with Gasteiger partial charge in [-0.3, -0.25) is 9.36 Å². The van der Waals surface area contributed by atoms with Gasteiger partial charge < -0.3 is 9.05 Å². The molecule has 0 radical (unpaired) electrons. The molecule has 15 heavy (non-hydrogen) atoms. The van der Waals surface area contributed by atoms with Crippen LogP contribution in [0.15, 0.2) is 0 Å². The van der Waals surface area contributed by atoms with Crippen LogP contribution in [0.3, 0.4) is 0 Å². The second-order valence-electron chi connectivity index (χ2n) is 3.90. The first kappa shape index (κ1) is 12.9. The highest BCUT2D eigenvalue weighted by Crippen LogP contribution is 2.48. The van der Waals surface area contributed by atoms with Crippen molar-refractivity contribution in [2.24, 2.45) is 5.92 Å². The molecule has 0 saturated heterocycles. The van der Waals surface area contributed by atoms with E-state index in [0.29, 0.717) is 24.8 Å². The first-order valence-electron chi connectivity index (χ1n) is 5.34. The summed E-state index contributed by atoms with van der Waals surface area (Å²) >= 11 is 0. The zero-order valence-electron chi connectivity index (χ0n) is 9.40. The van der Waals surface area contributed by atoms with Crippen molar-refractivity contribution in [1.29, 1.82) is 0 Å². The van der Waals surface area contributed by atoms with Crippen molar-refractivity contribution in [2.45, 2.75) is 32.1 Å². The van der Waals surface area contributed by atoms with Crippen molar-refractivity contribution in [3.8, 4) is 0 Å². The number of carbonyl (C=O) groups is 1. The van der Waals surface area contributed by atoms with Gasteiger partial charge >= 0.3 is 7.60 Å². The number of rotatable bonds is 5. The van der Waals surface area contributed by atoms with E-state index in [2.05, 4.69) is 0 Å². The van der Waals surface area contributed by atoms with Gasteiger partial charge in [-0.25, -0.2) is 0 Å². The van der Waals surface area contributed by atoms with E-state index >= 15 is 0 Å². The number of hydrogen-bond donors (Lipinski definition) is 0. The molecule has 1 fully saturated rings. The van der Waals surface area contributed by atoms with E-state index in [0.717, 1.165) is 19.3 Å². The summed E-state index contributed by atoms with van der Waals surface area (Å²) in [4.78, 5) is 11.5. The number of ketones is 1. The Labute approximate surface area is 90.9 Å². The lowest BCUT2D eigenvalue weighted by Gasteiger charge is -2.21. The van der Waals surface area contributed by atoms with E-state index in [9.17, 15) is 9.36 Å².